The van der Waals surface area contributed by atoms with Gasteiger partial charge in [0.05, 0.1) is 0 Å². The first-order valence-electron chi connectivity index (χ1n) is 6.13. The molecular weight excluding hydrogens is 278 g/mol. The van der Waals surface area contributed by atoms with Gasteiger partial charge in [0, 0.05) is 11.4 Å². The number of ether oxygens (including phenoxy) is 1. The summed E-state index contributed by atoms with van der Waals surface area (Å²) >= 11 is 1.17. The van der Waals surface area contributed by atoms with E-state index < -0.39 is 5.97 Å². The van der Waals surface area contributed by atoms with Crippen molar-refractivity contribution in [2.24, 2.45) is 0 Å². The number of carboxylic acid groups (broad SMARTS) is 1. The number of hydrogen-bond donors (Lipinski definition) is 2. The SMILES string of the molecule is C=CCNC(=O)COc1cc(C(C)(C)C)sc1C(=O)O. The number of thiophene rings is 1. The molecule has 0 radical (unpaired) electrons. The molecule has 1 amide bonds. The van der Waals surface area contributed by atoms with E-state index >= 15 is 0 Å². The molecule has 2 N–H and O–H groups in total. The van der Waals surface area contributed by atoms with Crippen molar-refractivity contribution >= 4 is 23.2 Å². The van der Waals surface area contributed by atoms with Crippen LogP contribution in [0.1, 0.15) is 35.3 Å². The van der Waals surface area contributed by atoms with Crippen molar-refractivity contribution in [3.8, 4) is 5.75 Å². The van der Waals surface area contributed by atoms with Crippen LogP contribution in [-0.4, -0.2) is 30.1 Å². The summed E-state index contributed by atoms with van der Waals surface area (Å²) in [5.74, 6) is -1.13. The molecule has 0 bridgehead atoms. The van der Waals surface area contributed by atoms with Crippen LogP contribution >= 0.6 is 11.3 Å². The van der Waals surface area contributed by atoms with Crippen LogP contribution in [-0.2, 0) is 10.2 Å². The molecule has 5 nitrogen and oxygen atoms in total. The number of aromatic carboxylic acids is 1. The standard InChI is InChI=1S/C14H19NO4S/c1-5-6-15-11(16)8-19-9-7-10(14(2,3)4)20-12(9)13(17)18/h5,7H,1,6,8H2,2-4H3,(H,15,16)(H,17,18). The molecule has 0 aliphatic rings. The van der Waals surface area contributed by atoms with Crippen LogP contribution in [0.4, 0.5) is 0 Å². The van der Waals surface area contributed by atoms with E-state index in [0.29, 0.717) is 6.54 Å². The van der Waals surface area contributed by atoms with Crippen molar-refractivity contribution in [2.45, 2.75) is 26.2 Å². The second kappa shape index (κ2) is 6.56. The second-order valence-corrected chi connectivity index (χ2v) is 6.29. The summed E-state index contributed by atoms with van der Waals surface area (Å²) in [4.78, 5) is 23.6. The third-order valence-electron chi connectivity index (χ3n) is 2.43. The molecule has 0 saturated heterocycles. The second-order valence-electron chi connectivity index (χ2n) is 5.24. The molecule has 0 spiro atoms. The first-order valence-corrected chi connectivity index (χ1v) is 6.95. The predicted octanol–water partition coefficient (Wildman–Crippen LogP) is 2.42. The monoisotopic (exact) mass is 297 g/mol. The molecule has 6 heteroatoms. The smallest absolute Gasteiger partial charge is 0.349 e. The molecule has 0 aliphatic carbocycles. The van der Waals surface area contributed by atoms with Gasteiger partial charge in [-0.25, -0.2) is 4.79 Å². The number of carbonyl (C=O) groups is 2. The Morgan fingerprint density at radius 3 is 2.65 bits per heavy atom. The van der Waals surface area contributed by atoms with E-state index in [1.165, 1.54) is 11.3 Å². The minimum absolute atomic E-state index is 0.117. The van der Waals surface area contributed by atoms with Gasteiger partial charge in [0.25, 0.3) is 5.91 Å². The van der Waals surface area contributed by atoms with E-state index in [4.69, 9.17) is 9.84 Å². The van der Waals surface area contributed by atoms with Gasteiger partial charge in [-0.15, -0.1) is 17.9 Å². The van der Waals surface area contributed by atoms with Gasteiger partial charge in [0.15, 0.2) is 11.5 Å². The summed E-state index contributed by atoms with van der Waals surface area (Å²) in [5, 5.41) is 11.7. The fourth-order valence-corrected chi connectivity index (χ4v) is 2.38. The lowest BCUT2D eigenvalue weighted by Crippen LogP contribution is -2.28. The minimum atomic E-state index is -1.05. The van der Waals surface area contributed by atoms with E-state index in [1.807, 2.05) is 20.8 Å². The number of carbonyl (C=O) groups excluding carboxylic acids is 1. The van der Waals surface area contributed by atoms with Crippen molar-refractivity contribution in [1.29, 1.82) is 0 Å². The average molecular weight is 297 g/mol. The molecule has 0 aliphatic heterocycles. The van der Waals surface area contributed by atoms with Gasteiger partial charge in [-0.3, -0.25) is 4.79 Å². The molecule has 1 aromatic rings. The fraction of sp³-hybridized carbons (Fsp3) is 0.429. The highest BCUT2D eigenvalue weighted by atomic mass is 32.1. The zero-order chi connectivity index (χ0) is 15.3. The van der Waals surface area contributed by atoms with Crippen LogP contribution in [0.25, 0.3) is 0 Å². The quantitative estimate of drug-likeness (QED) is 0.791. The Labute approximate surface area is 122 Å². The summed E-state index contributed by atoms with van der Waals surface area (Å²) in [5.41, 5.74) is -0.165. The summed E-state index contributed by atoms with van der Waals surface area (Å²) in [6.07, 6.45) is 1.56. The zero-order valence-corrected chi connectivity index (χ0v) is 12.7. The Balaban J connectivity index is 2.83. The molecule has 1 aromatic heterocycles. The van der Waals surface area contributed by atoms with Crippen LogP contribution in [0.3, 0.4) is 0 Å². The largest absolute Gasteiger partial charge is 0.482 e. The lowest BCUT2D eigenvalue weighted by molar-refractivity contribution is -0.122. The molecule has 0 atom stereocenters. The van der Waals surface area contributed by atoms with Crippen LogP contribution in [0.15, 0.2) is 18.7 Å². The molecular formula is C14H19NO4S. The summed E-state index contributed by atoms with van der Waals surface area (Å²) in [6.45, 7) is 9.60. The lowest BCUT2D eigenvalue weighted by atomic mass is 9.95. The van der Waals surface area contributed by atoms with Gasteiger partial charge in [-0.1, -0.05) is 26.8 Å². The third kappa shape index (κ3) is 4.38. The van der Waals surface area contributed by atoms with Crippen molar-refractivity contribution in [2.75, 3.05) is 13.2 Å². The predicted molar refractivity (Wildman–Crippen MR) is 78.7 cm³/mol. The van der Waals surface area contributed by atoms with Crippen molar-refractivity contribution in [3.05, 3.63) is 28.5 Å². The van der Waals surface area contributed by atoms with Crippen LogP contribution in [0.5, 0.6) is 5.75 Å². The minimum Gasteiger partial charge on any atom is -0.482 e. The first kappa shape index (κ1) is 16.2. The fourth-order valence-electron chi connectivity index (χ4n) is 1.38. The summed E-state index contributed by atoms with van der Waals surface area (Å²) < 4.78 is 5.32. The Morgan fingerprint density at radius 1 is 1.50 bits per heavy atom. The molecule has 0 aromatic carbocycles. The maximum absolute atomic E-state index is 11.4. The van der Waals surface area contributed by atoms with Gasteiger partial charge in [0.2, 0.25) is 0 Å². The Kier molecular flexibility index (Phi) is 5.33. The van der Waals surface area contributed by atoms with Crippen LogP contribution in [0.2, 0.25) is 0 Å². The van der Waals surface area contributed by atoms with Crippen molar-refractivity contribution < 1.29 is 19.4 Å². The zero-order valence-electron chi connectivity index (χ0n) is 11.9. The Bertz CT molecular complexity index is 514. The number of nitrogens with one attached hydrogen (secondary N) is 1. The van der Waals surface area contributed by atoms with Gasteiger partial charge < -0.3 is 15.2 Å². The topological polar surface area (TPSA) is 75.6 Å². The van der Waals surface area contributed by atoms with Gasteiger partial charge in [-0.2, -0.15) is 0 Å². The molecule has 0 fully saturated rings. The average Bonchev–Trinajstić information content (AvgIpc) is 2.77. The Morgan fingerprint density at radius 2 is 2.15 bits per heavy atom. The molecule has 1 rings (SSSR count). The van der Waals surface area contributed by atoms with E-state index in [0.717, 1.165) is 4.88 Å². The van der Waals surface area contributed by atoms with E-state index in [2.05, 4.69) is 11.9 Å². The third-order valence-corrected chi connectivity index (χ3v) is 3.96. The van der Waals surface area contributed by atoms with Gasteiger partial charge in [0.1, 0.15) is 5.75 Å². The Hall–Kier alpha value is -1.82. The molecule has 1 heterocycles. The number of amides is 1. The highest BCUT2D eigenvalue weighted by molar-refractivity contribution is 7.14. The van der Waals surface area contributed by atoms with E-state index in [1.54, 1.807) is 12.1 Å². The molecule has 20 heavy (non-hydrogen) atoms. The van der Waals surface area contributed by atoms with Crippen LogP contribution in [0, 0.1) is 0 Å². The normalized spacial score (nSPS) is 10.9. The van der Waals surface area contributed by atoms with E-state index in [9.17, 15) is 9.59 Å². The molecule has 0 saturated carbocycles. The lowest BCUT2D eigenvalue weighted by Gasteiger charge is -2.14. The highest BCUT2D eigenvalue weighted by Gasteiger charge is 2.24. The molecule has 0 unspecified atom stereocenters. The number of hydrogen-bond acceptors (Lipinski definition) is 4. The van der Waals surface area contributed by atoms with Crippen molar-refractivity contribution in [1.82, 2.24) is 5.32 Å². The van der Waals surface area contributed by atoms with Gasteiger partial charge >= 0.3 is 5.97 Å². The first-order chi connectivity index (χ1) is 9.25. The maximum Gasteiger partial charge on any atom is 0.349 e. The number of carboxylic acids is 1. The number of rotatable bonds is 6. The van der Waals surface area contributed by atoms with E-state index in [-0.39, 0.29) is 28.6 Å². The summed E-state index contributed by atoms with van der Waals surface area (Å²) in [6, 6.07) is 1.69. The highest BCUT2D eigenvalue weighted by Crippen LogP contribution is 2.36. The van der Waals surface area contributed by atoms with Crippen LogP contribution < -0.4 is 10.1 Å². The van der Waals surface area contributed by atoms with Gasteiger partial charge in [-0.05, 0) is 11.5 Å². The molecule has 110 valence electrons. The van der Waals surface area contributed by atoms with Crippen molar-refractivity contribution in [3.63, 3.8) is 0 Å². The summed E-state index contributed by atoms with van der Waals surface area (Å²) in [7, 11) is 0. The maximum atomic E-state index is 11.4.